The molecule has 0 aromatic heterocycles. The minimum atomic E-state index is -1.40. The van der Waals surface area contributed by atoms with Crippen molar-refractivity contribution in [3.8, 4) is 5.75 Å². The molecule has 0 aliphatic rings. The van der Waals surface area contributed by atoms with Crippen LogP contribution in [-0.2, 0) is 23.7 Å². The van der Waals surface area contributed by atoms with E-state index in [1.54, 1.807) is 0 Å². The SMILES string of the molecule is CCCCOC(NC(c1ccccc1)c1cccc(OCC(=O)OC)c1)(OCCCC)OCCCC. The second-order valence-electron chi connectivity index (χ2n) is 8.59. The summed E-state index contributed by atoms with van der Waals surface area (Å²) in [7, 11) is 1.34. The van der Waals surface area contributed by atoms with E-state index in [-0.39, 0.29) is 12.6 Å². The lowest BCUT2D eigenvalue weighted by molar-refractivity contribution is -0.400. The van der Waals surface area contributed by atoms with Crippen molar-refractivity contribution in [2.45, 2.75) is 71.4 Å². The molecule has 2 rings (SSSR count). The number of nitrogens with one attached hydrogen (secondary N) is 1. The Kier molecular flexibility index (Phi) is 14.1. The van der Waals surface area contributed by atoms with Crippen LogP contribution in [0.1, 0.15) is 76.5 Å². The van der Waals surface area contributed by atoms with Crippen LogP contribution in [0.4, 0.5) is 0 Å². The zero-order valence-electron chi connectivity index (χ0n) is 22.3. The van der Waals surface area contributed by atoms with Gasteiger partial charge in [-0.05, 0) is 42.5 Å². The Morgan fingerprint density at radius 2 is 1.36 bits per heavy atom. The monoisotopic (exact) mass is 501 g/mol. The fourth-order valence-electron chi connectivity index (χ4n) is 3.47. The highest BCUT2D eigenvalue weighted by molar-refractivity contribution is 5.70. The first-order chi connectivity index (χ1) is 17.6. The number of methoxy groups -OCH3 is 1. The van der Waals surface area contributed by atoms with E-state index in [9.17, 15) is 4.79 Å². The summed E-state index contributed by atoms with van der Waals surface area (Å²) in [6.07, 6.45) is 4.29. The van der Waals surface area contributed by atoms with Gasteiger partial charge in [0, 0.05) is 0 Å². The minimum Gasteiger partial charge on any atom is -0.482 e. The van der Waals surface area contributed by atoms with Gasteiger partial charge < -0.3 is 23.7 Å². The van der Waals surface area contributed by atoms with Crippen LogP contribution in [0.25, 0.3) is 0 Å². The van der Waals surface area contributed by atoms with E-state index in [2.05, 4.69) is 38.2 Å². The Labute approximate surface area is 216 Å². The maximum absolute atomic E-state index is 11.6. The molecule has 0 radical (unpaired) electrons. The first kappa shape index (κ1) is 29.8. The molecule has 0 saturated heterocycles. The number of carbonyl (C=O) groups is 1. The second kappa shape index (κ2) is 17.1. The van der Waals surface area contributed by atoms with Crippen molar-refractivity contribution < 1.29 is 28.5 Å². The summed E-state index contributed by atoms with van der Waals surface area (Å²) in [5.41, 5.74) is 1.94. The Morgan fingerprint density at radius 1 is 0.806 bits per heavy atom. The van der Waals surface area contributed by atoms with Gasteiger partial charge in [-0.15, -0.1) is 0 Å². The molecule has 0 spiro atoms. The largest absolute Gasteiger partial charge is 0.482 e. The Hall–Kier alpha value is -2.45. The van der Waals surface area contributed by atoms with Crippen LogP contribution in [0.2, 0.25) is 0 Å². The third-order valence-electron chi connectivity index (χ3n) is 5.60. The molecular weight excluding hydrogens is 458 g/mol. The van der Waals surface area contributed by atoms with Crippen LogP contribution in [0, 0.1) is 0 Å². The third-order valence-corrected chi connectivity index (χ3v) is 5.60. The third kappa shape index (κ3) is 10.3. The summed E-state index contributed by atoms with van der Waals surface area (Å²) in [4.78, 5) is 11.6. The number of rotatable bonds is 19. The number of esters is 1. The zero-order valence-corrected chi connectivity index (χ0v) is 22.3. The number of benzene rings is 2. The molecule has 36 heavy (non-hydrogen) atoms. The fourth-order valence-corrected chi connectivity index (χ4v) is 3.47. The van der Waals surface area contributed by atoms with Crippen molar-refractivity contribution in [2.24, 2.45) is 0 Å². The summed E-state index contributed by atoms with van der Waals surface area (Å²) < 4.78 is 29.3. The van der Waals surface area contributed by atoms with Crippen molar-refractivity contribution in [3.63, 3.8) is 0 Å². The topological polar surface area (TPSA) is 75.3 Å². The van der Waals surface area contributed by atoms with Crippen molar-refractivity contribution >= 4 is 5.97 Å². The number of carbonyl (C=O) groups excluding carboxylic acids is 1. The van der Waals surface area contributed by atoms with Crippen molar-refractivity contribution in [3.05, 3.63) is 65.7 Å². The van der Waals surface area contributed by atoms with Gasteiger partial charge in [0.2, 0.25) is 0 Å². The first-order valence-electron chi connectivity index (χ1n) is 13.1. The molecule has 1 atom stereocenters. The molecule has 1 N–H and O–H groups in total. The molecule has 0 aliphatic carbocycles. The molecule has 0 saturated carbocycles. The number of unbranched alkanes of at least 4 members (excludes halogenated alkanes) is 3. The zero-order chi connectivity index (χ0) is 26.1. The van der Waals surface area contributed by atoms with E-state index < -0.39 is 12.1 Å². The lowest BCUT2D eigenvalue weighted by Gasteiger charge is -2.37. The standard InChI is InChI=1S/C29H43NO6/c1-5-8-19-34-29(35-20-9-6-2,36-21-10-7-3)30-28(24-15-12-11-13-16-24)25-17-14-18-26(22-25)33-23-27(31)32-4/h11-18,22,28,30H,5-10,19-21,23H2,1-4H3. The molecule has 1 unspecified atom stereocenters. The Bertz CT molecular complexity index is 833. The van der Waals surface area contributed by atoms with Gasteiger partial charge in [0.05, 0.1) is 33.0 Å². The van der Waals surface area contributed by atoms with Gasteiger partial charge in [-0.25, -0.2) is 10.1 Å². The van der Waals surface area contributed by atoms with Crippen LogP contribution in [0.5, 0.6) is 5.75 Å². The highest BCUT2D eigenvalue weighted by Gasteiger charge is 2.37. The summed E-state index contributed by atoms with van der Waals surface area (Å²) in [5, 5.41) is 3.57. The Balaban J connectivity index is 2.42. The van der Waals surface area contributed by atoms with Crippen molar-refractivity contribution in [2.75, 3.05) is 33.5 Å². The normalized spacial score (nSPS) is 12.3. The molecule has 0 amide bonds. The van der Waals surface area contributed by atoms with Crippen molar-refractivity contribution in [1.29, 1.82) is 0 Å². The maximum atomic E-state index is 11.6. The average molecular weight is 502 g/mol. The number of ether oxygens (including phenoxy) is 5. The van der Waals surface area contributed by atoms with Crippen LogP contribution < -0.4 is 10.1 Å². The Morgan fingerprint density at radius 3 is 1.89 bits per heavy atom. The maximum Gasteiger partial charge on any atom is 0.351 e. The van der Waals surface area contributed by atoms with Crippen LogP contribution >= 0.6 is 0 Å². The highest BCUT2D eigenvalue weighted by atomic mass is 16.9. The van der Waals surface area contributed by atoms with E-state index in [4.69, 9.17) is 23.7 Å². The predicted molar refractivity (Wildman–Crippen MR) is 141 cm³/mol. The first-order valence-corrected chi connectivity index (χ1v) is 13.1. The van der Waals surface area contributed by atoms with Gasteiger partial charge in [-0.1, -0.05) is 82.5 Å². The molecule has 0 heterocycles. The van der Waals surface area contributed by atoms with Gasteiger partial charge in [0.15, 0.2) is 6.61 Å². The smallest absolute Gasteiger partial charge is 0.351 e. The number of hydrogen-bond donors (Lipinski definition) is 1. The minimum absolute atomic E-state index is 0.159. The van der Waals surface area contributed by atoms with Crippen LogP contribution in [-0.4, -0.2) is 45.6 Å². The molecule has 7 heteroatoms. The summed E-state index contributed by atoms with van der Waals surface area (Å²) in [5.74, 6) is 0.132. The van der Waals surface area contributed by atoms with Gasteiger partial charge in [0.25, 0.3) is 0 Å². The molecule has 7 nitrogen and oxygen atoms in total. The van der Waals surface area contributed by atoms with Crippen molar-refractivity contribution in [1.82, 2.24) is 5.32 Å². The molecule has 0 aliphatic heterocycles. The fraction of sp³-hybridized carbons (Fsp3) is 0.552. The van der Waals surface area contributed by atoms with E-state index in [1.807, 2.05) is 42.5 Å². The lowest BCUT2D eigenvalue weighted by atomic mass is 9.98. The summed E-state index contributed by atoms with van der Waals surface area (Å²) >= 11 is 0. The predicted octanol–water partition coefficient (Wildman–Crippen LogP) is 5.98. The highest BCUT2D eigenvalue weighted by Crippen LogP contribution is 2.29. The quantitative estimate of drug-likeness (QED) is 0.144. The van der Waals surface area contributed by atoms with E-state index in [0.29, 0.717) is 25.6 Å². The average Bonchev–Trinajstić information content (AvgIpc) is 2.91. The van der Waals surface area contributed by atoms with E-state index >= 15 is 0 Å². The van der Waals surface area contributed by atoms with Gasteiger partial charge >= 0.3 is 12.1 Å². The second-order valence-corrected chi connectivity index (χ2v) is 8.59. The van der Waals surface area contributed by atoms with Gasteiger partial charge in [-0.3, -0.25) is 0 Å². The molecule has 0 bridgehead atoms. The van der Waals surface area contributed by atoms with Crippen LogP contribution in [0.15, 0.2) is 54.6 Å². The lowest BCUT2D eigenvalue weighted by Crippen LogP contribution is -2.54. The summed E-state index contributed by atoms with van der Waals surface area (Å²) in [6.45, 7) is 7.74. The van der Waals surface area contributed by atoms with Gasteiger partial charge in [0.1, 0.15) is 5.75 Å². The van der Waals surface area contributed by atoms with E-state index in [0.717, 1.165) is 49.7 Å². The van der Waals surface area contributed by atoms with Gasteiger partial charge in [-0.2, -0.15) is 0 Å². The van der Waals surface area contributed by atoms with E-state index in [1.165, 1.54) is 7.11 Å². The van der Waals surface area contributed by atoms with Crippen LogP contribution in [0.3, 0.4) is 0 Å². The molecule has 2 aromatic carbocycles. The summed E-state index contributed by atoms with van der Waals surface area (Å²) in [6, 6.07) is 17.4. The molecular formula is C29H43NO6. The molecule has 2 aromatic rings. The molecule has 0 fully saturated rings. The molecule has 200 valence electrons. The number of hydrogen-bond acceptors (Lipinski definition) is 7.